The molecule has 12 heteroatoms. The molecule has 6 nitrogen and oxygen atoms in total. The lowest BCUT2D eigenvalue weighted by Crippen LogP contribution is -2.28. The van der Waals surface area contributed by atoms with Gasteiger partial charge in [-0.2, -0.15) is 13.2 Å². The van der Waals surface area contributed by atoms with E-state index < -0.39 is 32.9 Å². The van der Waals surface area contributed by atoms with E-state index in [-0.39, 0.29) is 23.0 Å². The van der Waals surface area contributed by atoms with Crippen molar-refractivity contribution >= 4 is 44.6 Å². The Hall–Kier alpha value is -2.92. The second kappa shape index (κ2) is 10.6. The Morgan fingerprint density at radius 3 is 2.42 bits per heavy atom. The molecule has 0 amide bonds. The van der Waals surface area contributed by atoms with Crippen LogP contribution in [-0.4, -0.2) is 21.3 Å². The number of nitrogens with one attached hydrogen (secondary N) is 2. The van der Waals surface area contributed by atoms with Gasteiger partial charge in [0.2, 0.25) is 16.3 Å². The zero-order chi connectivity index (χ0) is 25.9. The summed E-state index contributed by atoms with van der Waals surface area (Å²) < 4.78 is 80.1. The van der Waals surface area contributed by atoms with Crippen LogP contribution in [0.3, 0.4) is 0 Å². The molecule has 0 radical (unpaired) electrons. The van der Waals surface area contributed by atoms with Crippen LogP contribution in [-0.2, 0) is 32.1 Å². The molecule has 3 aromatic carbocycles. The quantitative estimate of drug-likeness (QED) is 0.330. The second-order valence-corrected chi connectivity index (χ2v) is 10.3. The van der Waals surface area contributed by atoms with Crippen molar-refractivity contribution in [2.45, 2.75) is 23.8 Å². The van der Waals surface area contributed by atoms with Crippen LogP contribution in [0.1, 0.15) is 11.1 Å². The molecule has 0 aliphatic carbocycles. The number of ether oxygens (including phenoxy) is 2. The molecule has 0 fully saturated rings. The molecular formula is C24H19Cl2F3N2O4S. The van der Waals surface area contributed by atoms with Gasteiger partial charge in [-0.3, -0.25) is 0 Å². The minimum absolute atomic E-state index is 0.00974. The van der Waals surface area contributed by atoms with Crippen molar-refractivity contribution in [3.05, 3.63) is 99.9 Å². The molecule has 0 saturated carbocycles. The van der Waals surface area contributed by atoms with E-state index >= 15 is 0 Å². The van der Waals surface area contributed by atoms with Gasteiger partial charge in [0, 0.05) is 17.1 Å². The van der Waals surface area contributed by atoms with Crippen molar-refractivity contribution in [1.82, 2.24) is 4.72 Å². The van der Waals surface area contributed by atoms with E-state index in [1.165, 1.54) is 30.5 Å². The molecule has 0 aromatic heterocycles. The third-order valence-electron chi connectivity index (χ3n) is 5.10. The number of anilines is 2. The van der Waals surface area contributed by atoms with Gasteiger partial charge >= 0.3 is 6.18 Å². The fraction of sp³-hybridized carbons (Fsp3) is 0.167. The average Bonchev–Trinajstić information content (AvgIpc) is 3.27. The zero-order valence-corrected chi connectivity index (χ0v) is 20.7. The molecule has 1 heterocycles. The van der Waals surface area contributed by atoms with Crippen LogP contribution in [0.4, 0.5) is 24.5 Å². The van der Waals surface area contributed by atoms with E-state index in [1.807, 2.05) is 30.3 Å². The zero-order valence-electron chi connectivity index (χ0n) is 18.4. The number of hydrogen-bond donors (Lipinski definition) is 2. The van der Waals surface area contributed by atoms with Crippen LogP contribution >= 0.6 is 23.2 Å². The molecule has 36 heavy (non-hydrogen) atoms. The highest BCUT2D eigenvalue weighted by molar-refractivity contribution is 7.89. The summed E-state index contributed by atoms with van der Waals surface area (Å²) in [5.74, 6) is 0.142. The third-order valence-corrected chi connectivity index (χ3v) is 7.11. The molecule has 4 rings (SSSR count). The highest BCUT2D eigenvalue weighted by Gasteiger charge is 2.38. The summed E-state index contributed by atoms with van der Waals surface area (Å²) in [6.45, 7) is -0.384. The Bertz CT molecular complexity index is 1380. The fourth-order valence-electron chi connectivity index (χ4n) is 3.41. The maximum Gasteiger partial charge on any atom is 0.417 e. The summed E-state index contributed by atoms with van der Waals surface area (Å²) in [7, 11) is -4.56. The molecule has 0 saturated heterocycles. The smallest absolute Gasteiger partial charge is 0.417 e. The third kappa shape index (κ3) is 6.44. The van der Waals surface area contributed by atoms with E-state index in [4.69, 9.17) is 32.7 Å². The van der Waals surface area contributed by atoms with E-state index in [9.17, 15) is 21.6 Å². The highest BCUT2D eigenvalue weighted by Crippen LogP contribution is 2.37. The minimum Gasteiger partial charge on any atom is -0.459 e. The van der Waals surface area contributed by atoms with E-state index in [2.05, 4.69) is 10.0 Å². The van der Waals surface area contributed by atoms with Gasteiger partial charge in [-0.1, -0.05) is 53.5 Å². The lowest BCUT2D eigenvalue weighted by Gasteiger charge is -2.17. The second-order valence-electron chi connectivity index (χ2n) is 7.74. The number of sulfonamides is 1. The molecule has 0 spiro atoms. The van der Waals surface area contributed by atoms with E-state index in [0.29, 0.717) is 23.2 Å². The van der Waals surface area contributed by atoms with Gasteiger partial charge in [0.1, 0.15) is 6.26 Å². The SMILES string of the molecule is O=S(=O)(NCC1=COC(Cc2ccccc2)O1)c1ccc(Nc2ccc(Cl)cc2Cl)cc1C(F)(F)F. The molecule has 0 bridgehead atoms. The van der Waals surface area contributed by atoms with Gasteiger partial charge in [-0.05, 0) is 42.0 Å². The molecular weight excluding hydrogens is 540 g/mol. The molecule has 1 aliphatic rings. The Morgan fingerprint density at radius 2 is 1.72 bits per heavy atom. The van der Waals surface area contributed by atoms with Crippen LogP contribution in [0.25, 0.3) is 0 Å². The minimum atomic E-state index is -4.95. The number of alkyl halides is 3. The van der Waals surface area contributed by atoms with Crippen molar-refractivity contribution in [2.75, 3.05) is 11.9 Å². The van der Waals surface area contributed by atoms with Gasteiger partial charge in [0.05, 0.1) is 27.7 Å². The lowest BCUT2D eigenvalue weighted by molar-refractivity contribution is -0.139. The first-order valence-corrected chi connectivity index (χ1v) is 12.7. The first-order valence-electron chi connectivity index (χ1n) is 10.5. The molecule has 1 aliphatic heterocycles. The molecule has 1 unspecified atom stereocenters. The predicted octanol–water partition coefficient (Wildman–Crippen LogP) is 6.49. The normalized spacial score (nSPS) is 15.7. The molecule has 3 aromatic rings. The Balaban J connectivity index is 1.47. The average molecular weight is 559 g/mol. The molecule has 190 valence electrons. The Kier molecular flexibility index (Phi) is 7.70. The number of halogens is 5. The van der Waals surface area contributed by atoms with Crippen molar-refractivity contribution in [1.29, 1.82) is 0 Å². The van der Waals surface area contributed by atoms with Crippen LogP contribution in [0.2, 0.25) is 10.0 Å². The largest absolute Gasteiger partial charge is 0.459 e. The standard InChI is InChI=1S/C24H19Cl2F3N2O4S/c25-16-6-8-21(20(26)11-16)31-17-7-9-22(19(12-17)24(27,28)29)36(32,33)30-13-18-14-34-23(35-18)10-15-4-2-1-3-5-15/h1-9,11-12,14,23,30-31H,10,13H2. The van der Waals surface area contributed by atoms with Gasteiger partial charge in [0.25, 0.3) is 0 Å². The summed E-state index contributed by atoms with van der Waals surface area (Å²) in [5, 5.41) is 3.28. The number of rotatable bonds is 8. The van der Waals surface area contributed by atoms with E-state index in [1.54, 1.807) is 0 Å². The number of benzene rings is 3. The van der Waals surface area contributed by atoms with Crippen LogP contribution in [0.5, 0.6) is 0 Å². The Morgan fingerprint density at radius 1 is 0.972 bits per heavy atom. The maximum atomic E-state index is 13.8. The summed E-state index contributed by atoms with van der Waals surface area (Å²) in [6, 6.07) is 16.5. The van der Waals surface area contributed by atoms with Gasteiger partial charge in [-0.25, -0.2) is 13.1 Å². The van der Waals surface area contributed by atoms with Crippen molar-refractivity contribution in [3.8, 4) is 0 Å². The summed E-state index contributed by atoms with van der Waals surface area (Å²) in [6.07, 6.45) is -3.96. The van der Waals surface area contributed by atoms with Crippen LogP contribution in [0.15, 0.2) is 83.6 Å². The monoisotopic (exact) mass is 558 g/mol. The molecule has 2 N–H and O–H groups in total. The summed E-state index contributed by atoms with van der Waals surface area (Å²) in [4.78, 5) is -0.928. The first kappa shape index (κ1) is 26.2. The summed E-state index contributed by atoms with van der Waals surface area (Å²) in [5.41, 5.74) is -0.103. The maximum absolute atomic E-state index is 13.8. The van der Waals surface area contributed by atoms with Crippen molar-refractivity contribution < 1.29 is 31.1 Å². The summed E-state index contributed by atoms with van der Waals surface area (Å²) >= 11 is 11.9. The van der Waals surface area contributed by atoms with Crippen molar-refractivity contribution in [2.24, 2.45) is 0 Å². The van der Waals surface area contributed by atoms with Gasteiger partial charge < -0.3 is 14.8 Å². The van der Waals surface area contributed by atoms with Crippen LogP contribution in [0, 0.1) is 0 Å². The lowest BCUT2D eigenvalue weighted by atomic mass is 10.1. The Labute approximate surface area is 215 Å². The highest BCUT2D eigenvalue weighted by atomic mass is 35.5. The number of hydrogen-bond acceptors (Lipinski definition) is 5. The predicted molar refractivity (Wildman–Crippen MR) is 131 cm³/mol. The topological polar surface area (TPSA) is 76.7 Å². The van der Waals surface area contributed by atoms with Gasteiger partial charge in [-0.15, -0.1) is 0 Å². The first-order chi connectivity index (χ1) is 17.0. The van der Waals surface area contributed by atoms with Crippen molar-refractivity contribution in [3.63, 3.8) is 0 Å². The fourth-order valence-corrected chi connectivity index (χ4v) is 5.06. The molecule has 1 atom stereocenters. The van der Waals surface area contributed by atoms with Gasteiger partial charge in [0.15, 0.2) is 5.76 Å². The van der Waals surface area contributed by atoms with Crippen LogP contribution < -0.4 is 10.0 Å². The van der Waals surface area contributed by atoms with E-state index in [0.717, 1.165) is 11.6 Å².